The number of furan rings is 1. The maximum Gasteiger partial charge on any atom is 0.246 e. The molecule has 0 bridgehead atoms. The third-order valence-electron chi connectivity index (χ3n) is 4.72. The molecule has 1 aliphatic heterocycles. The first-order valence-electron chi connectivity index (χ1n) is 8.93. The second kappa shape index (κ2) is 8.52. The number of hydrogen-bond donors (Lipinski definition) is 0. The highest BCUT2D eigenvalue weighted by Crippen LogP contribution is 2.20. The van der Waals surface area contributed by atoms with E-state index in [1.54, 1.807) is 24.3 Å². The van der Waals surface area contributed by atoms with E-state index in [0.29, 0.717) is 32.5 Å². The average Bonchev–Trinajstić information content (AvgIpc) is 3.19. The third-order valence-corrected chi connectivity index (χ3v) is 4.72. The van der Waals surface area contributed by atoms with Crippen molar-refractivity contribution in [1.29, 1.82) is 0 Å². The molecule has 1 fully saturated rings. The van der Waals surface area contributed by atoms with Crippen LogP contribution < -0.4 is 0 Å². The van der Waals surface area contributed by atoms with Crippen LogP contribution in [0.4, 0.5) is 0 Å². The van der Waals surface area contributed by atoms with Crippen molar-refractivity contribution in [3.8, 4) is 0 Å². The Morgan fingerprint density at radius 1 is 1.15 bits per heavy atom. The zero-order valence-corrected chi connectivity index (χ0v) is 15.0. The lowest BCUT2D eigenvalue weighted by Gasteiger charge is -2.32. The van der Waals surface area contributed by atoms with Gasteiger partial charge in [-0.15, -0.1) is 0 Å². The van der Waals surface area contributed by atoms with Crippen molar-refractivity contribution < 1.29 is 14.0 Å². The summed E-state index contributed by atoms with van der Waals surface area (Å²) in [7, 11) is 1.80. The number of piperidine rings is 1. The average molecular weight is 352 g/mol. The van der Waals surface area contributed by atoms with Crippen LogP contribution in [0.5, 0.6) is 0 Å². The number of amides is 2. The number of benzene rings is 1. The molecule has 1 aromatic carbocycles. The molecule has 1 aromatic heterocycles. The topological polar surface area (TPSA) is 53.8 Å². The molecule has 2 heterocycles. The Labute approximate surface area is 153 Å². The Bertz CT molecular complexity index is 745. The van der Waals surface area contributed by atoms with Gasteiger partial charge < -0.3 is 14.2 Å². The van der Waals surface area contributed by atoms with E-state index in [-0.39, 0.29) is 17.7 Å². The summed E-state index contributed by atoms with van der Waals surface area (Å²) in [5.41, 5.74) is 1.01. The molecular weight excluding hydrogens is 328 g/mol. The first-order chi connectivity index (χ1) is 12.6. The molecule has 3 rings (SSSR count). The van der Waals surface area contributed by atoms with Crippen LogP contribution in [0.3, 0.4) is 0 Å². The van der Waals surface area contributed by atoms with Crippen LogP contribution in [0.15, 0.2) is 59.2 Å². The lowest BCUT2D eigenvalue weighted by molar-refractivity contribution is -0.138. The normalized spacial score (nSPS) is 15.3. The van der Waals surface area contributed by atoms with E-state index in [1.165, 1.54) is 0 Å². The zero-order valence-electron chi connectivity index (χ0n) is 15.0. The molecule has 0 aliphatic carbocycles. The number of likely N-dealkylation sites (tertiary alicyclic amines) is 1. The van der Waals surface area contributed by atoms with Gasteiger partial charge in [-0.3, -0.25) is 9.59 Å². The van der Waals surface area contributed by atoms with Crippen LogP contribution in [0.25, 0.3) is 6.08 Å². The molecule has 136 valence electrons. The quantitative estimate of drug-likeness (QED) is 0.777. The van der Waals surface area contributed by atoms with Crippen molar-refractivity contribution >= 4 is 17.9 Å². The summed E-state index contributed by atoms with van der Waals surface area (Å²) in [6.07, 6.45) is 6.45. The van der Waals surface area contributed by atoms with Crippen molar-refractivity contribution in [3.05, 3.63) is 66.1 Å². The minimum absolute atomic E-state index is 0.00342. The minimum atomic E-state index is -0.0304. The predicted molar refractivity (Wildman–Crippen MR) is 100.0 cm³/mol. The van der Waals surface area contributed by atoms with E-state index in [2.05, 4.69) is 0 Å². The number of hydrogen-bond acceptors (Lipinski definition) is 3. The lowest BCUT2D eigenvalue weighted by atomic mass is 9.95. The Balaban J connectivity index is 1.48. The molecular formula is C21H24N2O3. The Morgan fingerprint density at radius 2 is 1.88 bits per heavy atom. The SMILES string of the molecule is CN(Cc1ccco1)C(=O)C1CCN(C(=O)/C=C/c2ccccc2)CC1. The van der Waals surface area contributed by atoms with Crippen LogP contribution in [0.1, 0.15) is 24.2 Å². The second-order valence-electron chi connectivity index (χ2n) is 6.62. The number of nitrogens with zero attached hydrogens (tertiary/aromatic N) is 2. The highest BCUT2D eigenvalue weighted by Gasteiger charge is 2.28. The monoisotopic (exact) mass is 352 g/mol. The van der Waals surface area contributed by atoms with Gasteiger partial charge >= 0.3 is 0 Å². The first kappa shape index (κ1) is 18.0. The van der Waals surface area contributed by atoms with E-state index in [1.807, 2.05) is 53.4 Å². The second-order valence-corrected chi connectivity index (χ2v) is 6.62. The molecule has 0 atom stereocenters. The molecule has 2 aromatic rings. The fraction of sp³-hybridized carbons (Fsp3) is 0.333. The maximum absolute atomic E-state index is 12.6. The summed E-state index contributed by atoms with van der Waals surface area (Å²) in [6.45, 7) is 1.71. The Kier molecular flexibility index (Phi) is 5.89. The summed E-state index contributed by atoms with van der Waals surface area (Å²) in [5.74, 6) is 0.869. The van der Waals surface area contributed by atoms with Gasteiger partial charge in [-0.25, -0.2) is 0 Å². The largest absolute Gasteiger partial charge is 0.467 e. The molecule has 0 saturated carbocycles. The predicted octanol–water partition coefficient (Wildman–Crippen LogP) is 3.19. The van der Waals surface area contributed by atoms with E-state index >= 15 is 0 Å². The fourth-order valence-corrected chi connectivity index (χ4v) is 3.21. The molecule has 0 unspecified atom stereocenters. The van der Waals surface area contributed by atoms with E-state index in [0.717, 1.165) is 11.3 Å². The molecule has 26 heavy (non-hydrogen) atoms. The molecule has 0 N–H and O–H groups in total. The molecule has 0 spiro atoms. The molecule has 5 nitrogen and oxygen atoms in total. The van der Waals surface area contributed by atoms with Crippen molar-refractivity contribution in [2.75, 3.05) is 20.1 Å². The molecule has 2 amide bonds. The number of rotatable bonds is 5. The van der Waals surface area contributed by atoms with Crippen molar-refractivity contribution in [2.24, 2.45) is 5.92 Å². The zero-order chi connectivity index (χ0) is 18.4. The van der Waals surface area contributed by atoms with Crippen LogP contribution in [0.2, 0.25) is 0 Å². The van der Waals surface area contributed by atoms with Crippen molar-refractivity contribution in [1.82, 2.24) is 9.80 Å². The first-order valence-corrected chi connectivity index (χ1v) is 8.93. The van der Waals surface area contributed by atoms with Gasteiger partial charge in [0.15, 0.2) is 0 Å². The van der Waals surface area contributed by atoms with Crippen LogP contribution >= 0.6 is 0 Å². The van der Waals surface area contributed by atoms with E-state index in [9.17, 15) is 9.59 Å². The summed E-state index contributed by atoms with van der Waals surface area (Å²) >= 11 is 0. The standard InChI is InChI=1S/C21H24N2O3/c1-22(16-19-8-5-15-26-19)21(25)18-11-13-23(14-12-18)20(24)10-9-17-6-3-2-4-7-17/h2-10,15,18H,11-14,16H2,1H3/b10-9+. The molecule has 0 radical (unpaired) electrons. The van der Waals surface area contributed by atoms with Gasteiger partial charge in [0.05, 0.1) is 12.8 Å². The summed E-state index contributed by atoms with van der Waals surface area (Å²) in [5, 5.41) is 0. The van der Waals surface area contributed by atoms with Gasteiger partial charge in [-0.2, -0.15) is 0 Å². The maximum atomic E-state index is 12.6. The molecule has 1 aliphatic rings. The van der Waals surface area contributed by atoms with E-state index in [4.69, 9.17) is 4.42 Å². The summed E-state index contributed by atoms with van der Waals surface area (Å²) in [6, 6.07) is 13.4. The van der Waals surface area contributed by atoms with Gasteiger partial charge in [0.25, 0.3) is 0 Å². The van der Waals surface area contributed by atoms with Crippen LogP contribution in [-0.4, -0.2) is 41.8 Å². The number of carbonyl (C=O) groups excluding carboxylic acids is 2. The van der Waals surface area contributed by atoms with E-state index < -0.39 is 0 Å². The van der Waals surface area contributed by atoms with Crippen LogP contribution in [-0.2, 0) is 16.1 Å². The highest BCUT2D eigenvalue weighted by molar-refractivity contribution is 5.92. The highest BCUT2D eigenvalue weighted by atomic mass is 16.3. The smallest absolute Gasteiger partial charge is 0.246 e. The van der Waals surface area contributed by atoms with Crippen molar-refractivity contribution in [2.45, 2.75) is 19.4 Å². The number of carbonyl (C=O) groups is 2. The Morgan fingerprint density at radius 3 is 2.54 bits per heavy atom. The van der Waals surface area contributed by atoms with Gasteiger partial charge in [0.2, 0.25) is 11.8 Å². The molecule has 1 saturated heterocycles. The minimum Gasteiger partial charge on any atom is -0.467 e. The van der Waals surface area contributed by atoms with Gasteiger partial charge in [-0.1, -0.05) is 30.3 Å². The summed E-state index contributed by atoms with van der Waals surface area (Å²) < 4.78 is 5.30. The van der Waals surface area contributed by atoms with Gasteiger partial charge in [0.1, 0.15) is 5.76 Å². The van der Waals surface area contributed by atoms with Gasteiger partial charge in [-0.05, 0) is 36.6 Å². The summed E-state index contributed by atoms with van der Waals surface area (Å²) in [4.78, 5) is 28.4. The van der Waals surface area contributed by atoms with Crippen molar-refractivity contribution in [3.63, 3.8) is 0 Å². The molecule has 5 heteroatoms. The van der Waals surface area contributed by atoms with Crippen LogP contribution in [0, 0.1) is 5.92 Å². The Hall–Kier alpha value is -2.82. The van der Waals surface area contributed by atoms with Gasteiger partial charge in [0, 0.05) is 32.1 Å². The third kappa shape index (κ3) is 4.63. The fourth-order valence-electron chi connectivity index (χ4n) is 3.21. The lowest BCUT2D eigenvalue weighted by Crippen LogP contribution is -2.42.